The molecule has 0 heterocycles. The van der Waals surface area contributed by atoms with Gasteiger partial charge in [-0.2, -0.15) is 31.9 Å². The molecule has 12 heteroatoms. The van der Waals surface area contributed by atoms with E-state index in [4.69, 9.17) is 5.26 Å². The Kier molecular flexibility index (Phi) is 8.34. The van der Waals surface area contributed by atoms with Crippen LogP contribution in [0.3, 0.4) is 0 Å². The minimum atomic E-state index is -4.83. The number of halogens is 4. The van der Waals surface area contributed by atoms with Gasteiger partial charge in [-0.3, -0.25) is 4.79 Å². The molecule has 2 aromatic carbocycles. The molecule has 0 aliphatic carbocycles. The van der Waals surface area contributed by atoms with Crippen LogP contribution in [-0.2, 0) is 20.8 Å². The Morgan fingerprint density at radius 2 is 1.77 bits per heavy atom. The van der Waals surface area contributed by atoms with Gasteiger partial charge in [0, 0.05) is 9.26 Å². The van der Waals surface area contributed by atoms with Crippen LogP contribution in [0.4, 0.5) is 18.9 Å². The van der Waals surface area contributed by atoms with Crippen LogP contribution in [0.25, 0.3) is 0 Å². The number of nitriles is 1. The van der Waals surface area contributed by atoms with Gasteiger partial charge in [0.15, 0.2) is 15.4 Å². The number of nitrogens with one attached hydrogen (secondary N) is 1. The summed E-state index contributed by atoms with van der Waals surface area (Å²) in [6.07, 6.45) is -4.83. The monoisotopic (exact) mass is 572 g/mol. The lowest BCUT2D eigenvalue weighted by atomic mass is 10.1. The summed E-state index contributed by atoms with van der Waals surface area (Å²) >= 11 is 1.98. The van der Waals surface area contributed by atoms with Gasteiger partial charge in [-0.25, -0.2) is 8.42 Å². The number of amides is 1. The summed E-state index contributed by atoms with van der Waals surface area (Å²) < 4.78 is 64.8. The van der Waals surface area contributed by atoms with Crippen molar-refractivity contribution in [2.24, 2.45) is 0 Å². The predicted molar refractivity (Wildman–Crippen MR) is 117 cm³/mol. The van der Waals surface area contributed by atoms with Crippen molar-refractivity contribution in [3.63, 3.8) is 0 Å². The maximum Gasteiger partial charge on any atom is 0.417 e. The van der Waals surface area contributed by atoms with Gasteiger partial charge >= 0.3 is 6.18 Å². The standard InChI is InChI=1S/C18H14F3IN2O4S.H2S/c1-17(26,10-29(27,28)14-6-3-12(22)4-7-14)16(25)24-13-5-2-11(9-23)15(8-13)18(19,20)21;/h2-8,26H,10H2,1H3,(H,24,25);1H2/t17-;/m1./s1. The predicted octanol–water partition coefficient (Wildman–Crippen LogP) is 3.46. The zero-order valence-electron chi connectivity index (χ0n) is 15.3. The van der Waals surface area contributed by atoms with Gasteiger partial charge in [-0.1, -0.05) is 0 Å². The van der Waals surface area contributed by atoms with Crippen molar-refractivity contribution in [2.45, 2.75) is 23.6 Å². The molecule has 2 N–H and O–H groups in total. The Bertz CT molecular complexity index is 1080. The molecule has 0 radical (unpaired) electrons. The minimum absolute atomic E-state index is 0. The lowest BCUT2D eigenvalue weighted by Gasteiger charge is -2.22. The number of rotatable bonds is 5. The van der Waals surface area contributed by atoms with E-state index >= 15 is 0 Å². The van der Waals surface area contributed by atoms with Gasteiger partial charge in [0.1, 0.15) is 0 Å². The van der Waals surface area contributed by atoms with Gasteiger partial charge < -0.3 is 10.4 Å². The number of carbonyl (C=O) groups excluding carboxylic acids is 1. The van der Waals surface area contributed by atoms with Gasteiger partial charge in [0.2, 0.25) is 0 Å². The third-order valence-electron chi connectivity index (χ3n) is 3.84. The lowest BCUT2D eigenvalue weighted by molar-refractivity contribution is -0.137. The normalized spacial score (nSPS) is 13.5. The van der Waals surface area contributed by atoms with E-state index in [1.54, 1.807) is 0 Å². The molecule has 2 rings (SSSR count). The second-order valence-electron chi connectivity index (χ2n) is 6.31. The number of carbonyl (C=O) groups is 1. The van der Waals surface area contributed by atoms with Crippen LogP contribution in [0, 0.1) is 14.9 Å². The summed E-state index contributed by atoms with van der Waals surface area (Å²) in [4.78, 5) is 12.2. The molecule has 0 unspecified atom stereocenters. The highest BCUT2D eigenvalue weighted by Gasteiger charge is 2.38. The Hall–Kier alpha value is -1.82. The maximum absolute atomic E-state index is 13.0. The maximum atomic E-state index is 13.0. The molecular formula is C18H16F3IN2O4S2. The van der Waals surface area contributed by atoms with Crippen molar-refractivity contribution in [3.8, 4) is 6.07 Å². The van der Waals surface area contributed by atoms with Crippen LogP contribution in [0.2, 0.25) is 0 Å². The van der Waals surface area contributed by atoms with Crippen LogP contribution in [-0.4, -0.2) is 30.8 Å². The summed E-state index contributed by atoms with van der Waals surface area (Å²) in [5.41, 5.74) is -4.66. The van der Waals surface area contributed by atoms with Crippen LogP contribution in [0.1, 0.15) is 18.1 Å². The van der Waals surface area contributed by atoms with Crippen molar-refractivity contribution in [1.29, 1.82) is 5.26 Å². The van der Waals surface area contributed by atoms with Crippen molar-refractivity contribution in [3.05, 3.63) is 57.2 Å². The van der Waals surface area contributed by atoms with Gasteiger partial charge in [0.25, 0.3) is 5.91 Å². The molecule has 0 saturated carbocycles. The highest BCUT2D eigenvalue weighted by Crippen LogP contribution is 2.33. The molecule has 0 aliphatic rings. The Balaban J connectivity index is 0.00000450. The fourth-order valence-electron chi connectivity index (χ4n) is 2.38. The number of nitrogens with zero attached hydrogens (tertiary/aromatic N) is 1. The smallest absolute Gasteiger partial charge is 0.379 e. The average Bonchev–Trinajstić information content (AvgIpc) is 2.60. The van der Waals surface area contributed by atoms with E-state index in [1.165, 1.54) is 30.3 Å². The van der Waals surface area contributed by atoms with E-state index in [9.17, 15) is 31.5 Å². The van der Waals surface area contributed by atoms with Gasteiger partial charge in [-0.05, 0) is 72.0 Å². The first-order valence-electron chi connectivity index (χ1n) is 7.90. The molecule has 0 aliphatic heterocycles. The Morgan fingerprint density at radius 3 is 2.27 bits per heavy atom. The molecule has 1 atom stereocenters. The number of sulfone groups is 1. The van der Waals surface area contributed by atoms with E-state index < -0.39 is 44.4 Å². The first-order chi connectivity index (χ1) is 13.3. The minimum Gasteiger partial charge on any atom is -0.379 e. The fourth-order valence-corrected chi connectivity index (χ4v) is 4.33. The number of hydrogen-bond acceptors (Lipinski definition) is 5. The third kappa shape index (κ3) is 6.34. The number of anilines is 1. The first kappa shape index (κ1) is 26.2. The molecule has 162 valence electrons. The van der Waals surface area contributed by atoms with Crippen molar-refractivity contribution in [1.82, 2.24) is 0 Å². The van der Waals surface area contributed by atoms with E-state index in [2.05, 4.69) is 5.32 Å². The zero-order chi connectivity index (χ0) is 22.0. The second-order valence-corrected chi connectivity index (χ2v) is 9.55. The third-order valence-corrected chi connectivity index (χ3v) is 6.49. The largest absolute Gasteiger partial charge is 0.417 e. The van der Waals surface area contributed by atoms with Crippen LogP contribution in [0.5, 0.6) is 0 Å². The number of alkyl halides is 3. The van der Waals surface area contributed by atoms with Crippen LogP contribution < -0.4 is 5.32 Å². The molecule has 0 spiro atoms. The van der Waals surface area contributed by atoms with Crippen molar-refractivity contribution in [2.75, 3.05) is 11.1 Å². The van der Waals surface area contributed by atoms with Gasteiger partial charge in [-0.15, -0.1) is 0 Å². The lowest BCUT2D eigenvalue weighted by Crippen LogP contribution is -2.45. The Labute approximate surface area is 191 Å². The van der Waals surface area contributed by atoms with E-state index in [0.717, 1.165) is 22.6 Å². The summed E-state index contributed by atoms with van der Waals surface area (Å²) in [7, 11) is -4.05. The molecule has 0 aromatic heterocycles. The van der Waals surface area contributed by atoms with E-state index in [1.807, 2.05) is 22.6 Å². The van der Waals surface area contributed by atoms with Gasteiger partial charge in [0.05, 0.1) is 27.8 Å². The molecule has 30 heavy (non-hydrogen) atoms. The summed E-state index contributed by atoms with van der Waals surface area (Å²) in [6.45, 7) is 0.945. The van der Waals surface area contributed by atoms with E-state index in [-0.39, 0.29) is 24.1 Å². The molecule has 1 amide bonds. The summed E-state index contributed by atoms with van der Waals surface area (Å²) in [5, 5.41) is 21.2. The van der Waals surface area contributed by atoms with Crippen molar-refractivity contribution >= 4 is 57.5 Å². The number of aliphatic hydroxyl groups is 1. The van der Waals surface area contributed by atoms with Crippen molar-refractivity contribution < 1.29 is 31.5 Å². The molecule has 0 saturated heterocycles. The topological polar surface area (TPSA) is 107 Å². The fraction of sp³-hybridized carbons (Fsp3) is 0.222. The number of benzene rings is 2. The molecule has 0 fully saturated rings. The average molecular weight is 572 g/mol. The SMILES string of the molecule is C[C@@](O)(CS(=O)(=O)c1ccc(I)cc1)C(=O)Nc1ccc(C#N)c(C(F)(F)F)c1.S. The van der Waals surface area contributed by atoms with Crippen LogP contribution >= 0.6 is 36.1 Å². The molecule has 2 aromatic rings. The molecule has 6 nitrogen and oxygen atoms in total. The highest BCUT2D eigenvalue weighted by molar-refractivity contribution is 14.1. The quantitative estimate of drug-likeness (QED) is 0.534. The second kappa shape index (κ2) is 9.54. The molecular weight excluding hydrogens is 556 g/mol. The first-order valence-corrected chi connectivity index (χ1v) is 10.6. The number of hydrogen-bond donors (Lipinski definition) is 2. The zero-order valence-corrected chi connectivity index (χ0v) is 19.3. The molecule has 0 bridgehead atoms. The highest BCUT2D eigenvalue weighted by atomic mass is 127. The van der Waals surface area contributed by atoms with E-state index in [0.29, 0.717) is 6.07 Å². The Morgan fingerprint density at radius 1 is 1.20 bits per heavy atom. The van der Waals surface area contributed by atoms with Crippen LogP contribution in [0.15, 0.2) is 47.4 Å². The summed E-state index contributed by atoms with van der Waals surface area (Å²) in [5.74, 6) is -2.18. The summed E-state index contributed by atoms with van der Waals surface area (Å²) in [6, 6.07) is 9.59.